The predicted molar refractivity (Wildman–Crippen MR) is 67.7 cm³/mol. The van der Waals surface area contributed by atoms with Gasteiger partial charge in [-0.25, -0.2) is 0 Å². The molecule has 0 spiro atoms. The number of benzene rings is 1. The molecule has 2 nitrogen and oxygen atoms in total. The van der Waals surface area contributed by atoms with Crippen molar-refractivity contribution in [2.75, 3.05) is 0 Å². The molecule has 0 radical (unpaired) electrons. The number of aryl methyl sites for hydroxylation is 1. The van der Waals surface area contributed by atoms with Gasteiger partial charge in [-0.3, -0.25) is 4.79 Å². The topological polar surface area (TPSA) is 20.3 Å². The summed E-state index contributed by atoms with van der Waals surface area (Å²) >= 11 is 0. The summed E-state index contributed by atoms with van der Waals surface area (Å²) in [6, 6.07) is 9.48. The fourth-order valence-electron chi connectivity index (χ4n) is 3.10. The van der Waals surface area contributed by atoms with Crippen molar-refractivity contribution in [3.8, 4) is 0 Å². The van der Waals surface area contributed by atoms with Crippen molar-refractivity contribution < 1.29 is 4.79 Å². The molecule has 1 aromatic rings. The monoisotopic (exact) mass is 229 g/mol. The molecule has 1 unspecified atom stereocenters. The fourth-order valence-corrected chi connectivity index (χ4v) is 3.10. The smallest absolute Gasteiger partial charge is 0.220 e. The number of amides is 1. The quantitative estimate of drug-likeness (QED) is 0.763. The van der Waals surface area contributed by atoms with Crippen molar-refractivity contribution in [3.05, 3.63) is 35.4 Å². The van der Waals surface area contributed by atoms with E-state index in [1.165, 1.54) is 36.8 Å². The minimum atomic E-state index is 0.245. The maximum atomic E-state index is 11.9. The van der Waals surface area contributed by atoms with Crippen molar-refractivity contribution in [1.29, 1.82) is 0 Å². The lowest BCUT2D eigenvalue weighted by Gasteiger charge is -2.35. The maximum Gasteiger partial charge on any atom is 0.220 e. The molecule has 3 rings (SSSR count). The lowest BCUT2D eigenvalue weighted by atomic mass is 9.86. The van der Waals surface area contributed by atoms with Crippen LogP contribution in [-0.2, 0) is 11.2 Å². The minimum Gasteiger partial charge on any atom is -0.333 e. The molecule has 1 fully saturated rings. The van der Waals surface area contributed by atoms with Crippen LogP contribution in [-0.4, -0.2) is 16.8 Å². The molecule has 0 aliphatic heterocycles. The molecule has 1 saturated carbocycles. The highest BCUT2D eigenvalue weighted by Gasteiger charge is 2.37. The summed E-state index contributed by atoms with van der Waals surface area (Å²) in [5, 5.41) is 0. The van der Waals surface area contributed by atoms with Crippen LogP contribution in [0, 0.1) is 0 Å². The molecule has 1 aromatic carbocycles. The Hall–Kier alpha value is -1.31. The second kappa shape index (κ2) is 4.17. The first-order valence-corrected chi connectivity index (χ1v) is 6.64. The van der Waals surface area contributed by atoms with E-state index in [9.17, 15) is 4.79 Å². The van der Waals surface area contributed by atoms with E-state index in [0.717, 1.165) is 6.42 Å². The third kappa shape index (κ3) is 1.97. The molecule has 17 heavy (non-hydrogen) atoms. The Morgan fingerprint density at radius 1 is 1.24 bits per heavy atom. The summed E-state index contributed by atoms with van der Waals surface area (Å²) < 4.78 is 0. The largest absolute Gasteiger partial charge is 0.333 e. The highest BCUT2D eigenvalue weighted by molar-refractivity contribution is 5.74. The first-order chi connectivity index (χ1) is 8.27. The zero-order chi connectivity index (χ0) is 11.8. The van der Waals surface area contributed by atoms with E-state index in [4.69, 9.17) is 0 Å². The van der Waals surface area contributed by atoms with Crippen molar-refractivity contribution in [2.45, 2.75) is 51.1 Å². The summed E-state index contributed by atoms with van der Waals surface area (Å²) in [7, 11) is 0. The third-order valence-corrected chi connectivity index (χ3v) is 3.98. The highest BCUT2D eigenvalue weighted by Crippen LogP contribution is 2.40. The Morgan fingerprint density at radius 3 is 2.71 bits per heavy atom. The van der Waals surface area contributed by atoms with Gasteiger partial charge in [0.1, 0.15) is 0 Å². The maximum absolute atomic E-state index is 11.9. The Balaban J connectivity index is 1.95. The van der Waals surface area contributed by atoms with Crippen LogP contribution in [0.5, 0.6) is 0 Å². The second-order valence-corrected chi connectivity index (χ2v) is 5.26. The van der Waals surface area contributed by atoms with Gasteiger partial charge in [-0.2, -0.15) is 0 Å². The summed E-state index contributed by atoms with van der Waals surface area (Å²) in [5.41, 5.74) is 2.83. The van der Waals surface area contributed by atoms with E-state index < -0.39 is 0 Å². The molecule has 0 heterocycles. The van der Waals surface area contributed by atoms with Crippen LogP contribution in [0.2, 0.25) is 0 Å². The van der Waals surface area contributed by atoms with E-state index >= 15 is 0 Å². The molecule has 90 valence electrons. The van der Waals surface area contributed by atoms with Crippen molar-refractivity contribution >= 4 is 5.91 Å². The van der Waals surface area contributed by atoms with Gasteiger partial charge in [0.05, 0.1) is 6.04 Å². The first kappa shape index (κ1) is 10.8. The van der Waals surface area contributed by atoms with Crippen molar-refractivity contribution in [2.24, 2.45) is 0 Å². The highest BCUT2D eigenvalue weighted by atomic mass is 16.2. The van der Waals surface area contributed by atoms with Gasteiger partial charge in [-0.1, -0.05) is 24.3 Å². The third-order valence-electron chi connectivity index (χ3n) is 3.98. The number of hydrogen-bond donors (Lipinski definition) is 0. The Labute approximate surface area is 103 Å². The molecule has 2 aliphatic carbocycles. The molecule has 1 atom stereocenters. The number of nitrogens with zero attached hydrogens (tertiary/aromatic N) is 1. The predicted octanol–water partition coefficient (Wildman–Crippen LogP) is 3.07. The molecular formula is C15H19NO. The molecule has 2 aliphatic rings. The summed E-state index contributed by atoms with van der Waals surface area (Å²) in [6.07, 6.45) is 5.89. The van der Waals surface area contributed by atoms with E-state index in [1.807, 2.05) is 0 Å². The average Bonchev–Trinajstić information content (AvgIpc) is 3.14. The fraction of sp³-hybridized carbons (Fsp3) is 0.533. The standard InChI is InChI=1S/C15H19NO/c1-11(17)16(13-9-10-13)15-8-4-6-12-5-2-3-7-14(12)15/h2-3,5,7,13,15H,4,6,8-10H2,1H3. The Kier molecular flexibility index (Phi) is 2.65. The van der Waals surface area contributed by atoms with E-state index in [-0.39, 0.29) is 5.91 Å². The molecule has 0 aromatic heterocycles. The van der Waals surface area contributed by atoms with Crippen LogP contribution in [0.1, 0.15) is 49.8 Å². The number of hydrogen-bond acceptors (Lipinski definition) is 1. The number of carbonyl (C=O) groups excluding carboxylic acids is 1. The molecule has 0 saturated heterocycles. The molecular weight excluding hydrogens is 210 g/mol. The van der Waals surface area contributed by atoms with E-state index in [0.29, 0.717) is 12.1 Å². The van der Waals surface area contributed by atoms with Gasteiger partial charge in [-0.15, -0.1) is 0 Å². The number of carbonyl (C=O) groups is 1. The lowest BCUT2D eigenvalue weighted by Crippen LogP contribution is -2.36. The molecule has 2 heteroatoms. The van der Waals surface area contributed by atoms with Gasteiger partial charge in [0.15, 0.2) is 0 Å². The van der Waals surface area contributed by atoms with Crippen molar-refractivity contribution in [1.82, 2.24) is 4.90 Å². The summed E-state index contributed by atoms with van der Waals surface area (Å²) in [6.45, 7) is 1.72. The summed E-state index contributed by atoms with van der Waals surface area (Å²) in [4.78, 5) is 14.0. The number of rotatable bonds is 2. The van der Waals surface area contributed by atoms with Crippen LogP contribution in [0.3, 0.4) is 0 Å². The van der Waals surface area contributed by atoms with Crippen LogP contribution in [0.15, 0.2) is 24.3 Å². The molecule has 1 amide bonds. The van der Waals surface area contributed by atoms with Crippen molar-refractivity contribution in [3.63, 3.8) is 0 Å². The molecule has 0 N–H and O–H groups in total. The van der Waals surface area contributed by atoms with Gasteiger partial charge in [-0.05, 0) is 43.2 Å². The van der Waals surface area contributed by atoms with Crippen LogP contribution in [0.25, 0.3) is 0 Å². The van der Waals surface area contributed by atoms with Gasteiger partial charge < -0.3 is 4.90 Å². The number of fused-ring (bicyclic) bond motifs is 1. The Morgan fingerprint density at radius 2 is 2.00 bits per heavy atom. The normalized spacial score (nSPS) is 23.0. The van der Waals surface area contributed by atoms with Gasteiger partial charge >= 0.3 is 0 Å². The lowest BCUT2D eigenvalue weighted by molar-refractivity contribution is -0.132. The zero-order valence-electron chi connectivity index (χ0n) is 10.4. The van der Waals surface area contributed by atoms with Crippen LogP contribution in [0.4, 0.5) is 0 Å². The minimum absolute atomic E-state index is 0.245. The van der Waals surface area contributed by atoms with E-state index in [2.05, 4.69) is 29.2 Å². The zero-order valence-corrected chi connectivity index (χ0v) is 10.4. The van der Waals surface area contributed by atoms with Gasteiger partial charge in [0, 0.05) is 13.0 Å². The van der Waals surface area contributed by atoms with Crippen LogP contribution < -0.4 is 0 Å². The van der Waals surface area contributed by atoms with Gasteiger partial charge in [0.2, 0.25) is 5.91 Å². The second-order valence-electron chi connectivity index (χ2n) is 5.26. The first-order valence-electron chi connectivity index (χ1n) is 6.64. The SMILES string of the molecule is CC(=O)N(C1CC1)C1CCCc2ccccc21. The summed E-state index contributed by atoms with van der Waals surface area (Å²) in [5.74, 6) is 0.245. The van der Waals surface area contributed by atoms with Crippen LogP contribution >= 0.6 is 0 Å². The van der Waals surface area contributed by atoms with E-state index in [1.54, 1.807) is 6.92 Å². The average molecular weight is 229 g/mol. The van der Waals surface area contributed by atoms with Gasteiger partial charge in [0.25, 0.3) is 0 Å². The molecule has 0 bridgehead atoms. The Bertz CT molecular complexity index is 436.